The second kappa shape index (κ2) is 7.69. The highest BCUT2D eigenvalue weighted by Gasteiger charge is 2.25. The first-order valence-corrected chi connectivity index (χ1v) is 9.82. The third kappa shape index (κ3) is 3.44. The van der Waals surface area contributed by atoms with Crippen LogP contribution in [0.5, 0.6) is 0 Å². The topological polar surface area (TPSA) is 77.1 Å². The van der Waals surface area contributed by atoms with Crippen LogP contribution in [0.15, 0.2) is 66.7 Å². The van der Waals surface area contributed by atoms with Crippen LogP contribution in [0.25, 0.3) is 10.9 Å². The molecular formula is C24H20ClN3O2. The molecule has 0 bridgehead atoms. The number of nitrogens with two attached hydrogens (primary N) is 1. The molecule has 0 spiro atoms. The first kappa shape index (κ1) is 19.7. The number of hydrogen-bond acceptors (Lipinski definition) is 3. The van der Waals surface area contributed by atoms with Gasteiger partial charge < -0.3 is 11.1 Å². The Hall–Kier alpha value is -3.57. The molecule has 1 aromatic heterocycles. The van der Waals surface area contributed by atoms with Crippen molar-refractivity contribution < 1.29 is 9.59 Å². The molecule has 5 nitrogen and oxygen atoms in total. The zero-order valence-electron chi connectivity index (χ0n) is 16.6. The maximum atomic E-state index is 13.2. The lowest BCUT2D eigenvalue weighted by Crippen LogP contribution is -2.18. The summed E-state index contributed by atoms with van der Waals surface area (Å²) in [6, 6.07) is 19.6. The summed E-state index contributed by atoms with van der Waals surface area (Å²) < 4.78 is 1.37. The van der Waals surface area contributed by atoms with Crippen LogP contribution in [-0.2, 0) is 0 Å². The molecule has 0 fully saturated rings. The lowest BCUT2D eigenvalue weighted by Gasteiger charge is -2.10. The Labute approximate surface area is 179 Å². The predicted octanol–water partition coefficient (Wildman–Crippen LogP) is 5.43. The van der Waals surface area contributed by atoms with Crippen LogP contribution < -0.4 is 11.1 Å². The van der Waals surface area contributed by atoms with Crippen molar-refractivity contribution >= 4 is 45.8 Å². The van der Waals surface area contributed by atoms with Gasteiger partial charge in [0.25, 0.3) is 11.8 Å². The number of rotatable bonds is 3. The summed E-state index contributed by atoms with van der Waals surface area (Å²) in [5.74, 6) is -0.592. The molecule has 6 heteroatoms. The monoisotopic (exact) mass is 417 g/mol. The van der Waals surface area contributed by atoms with Gasteiger partial charge >= 0.3 is 0 Å². The van der Waals surface area contributed by atoms with Crippen molar-refractivity contribution in [3.05, 3.63) is 94.0 Å². The Morgan fingerprint density at radius 3 is 2.40 bits per heavy atom. The number of nitrogen functional groups attached to an aromatic ring is 1. The molecular weight excluding hydrogens is 398 g/mol. The van der Waals surface area contributed by atoms with Gasteiger partial charge in [-0.3, -0.25) is 14.2 Å². The zero-order chi connectivity index (χ0) is 21.4. The summed E-state index contributed by atoms with van der Waals surface area (Å²) in [4.78, 5) is 26.4. The molecule has 0 aliphatic heterocycles. The number of nitrogens with one attached hydrogen (secondary N) is 1. The standard InChI is InChI=1S/C24H20ClN3O2/c1-14-7-8-15(2)19(13-14)27-23(29)21-18-5-3-4-6-20(18)28(22(21)26)24(30)16-9-11-17(25)12-10-16/h3-13H,26H2,1-2H3,(H,27,29). The number of nitrogens with zero attached hydrogens (tertiary/aromatic N) is 1. The minimum Gasteiger partial charge on any atom is -0.384 e. The maximum absolute atomic E-state index is 13.2. The Morgan fingerprint density at radius 1 is 0.967 bits per heavy atom. The number of hydrogen-bond donors (Lipinski definition) is 2. The van der Waals surface area contributed by atoms with Crippen molar-refractivity contribution in [2.45, 2.75) is 13.8 Å². The van der Waals surface area contributed by atoms with E-state index in [2.05, 4.69) is 5.32 Å². The average molecular weight is 418 g/mol. The van der Waals surface area contributed by atoms with E-state index in [1.54, 1.807) is 42.5 Å². The molecule has 3 N–H and O–H groups in total. The maximum Gasteiger partial charge on any atom is 0.263 e. The third-order valence-electron chi connectivity index (χ3n) is 5.07. The van der Waals surface area contributed by atoms with Crippen LogP contribution in [0.4, 0.5) is 11.5 Å². The van der Waals surface area contributed by atoms with Gasteiger partial charge in [-0.1, -0.05) is 41.9 Å². The van der Waals surface area contributed by atoms with Gasteiger partial charge in [0.15, 0.2) is 0 Å². The molecule has 0 saturated heterocycles. The van der Waals surface area contributed by atoms with Crippen molar-refractivity contribution in [3.63, 3.8) is 0 Å². The first-order valence-electron chi connectivity index (χ1n) is 9.44. The molecule has 0 aliphatic rings. The van der Waals surface area contributed by atoms with Crippen molar-refractivity contribution in [1.29, 1.82) is 0 Å². The van der Waals surface area contributed by atoms with Gasteiger partial charge in [0.1, 0.15) is 5.82 Å². The van der Waals surface area contributed by atoms with Crippen molar-refractivity contribution in [1.82, 2.24) is 4.57 Å². The summed E-state index contributed by atoms with van der Waals surface area (Å²) >= 11 is 5.94. The minimum absolute atomic E-state index is 0.0963. The molecule has 150 valence electrons. The van der Waals surface area contributed by atoms with Crippen LogP contribution in [0.1, 0.15) is 31.8 Å². The summed E-state index contributed by atoms with van der Waals surface area (Å²) in [6.07, 6.45) is 0. The van der Waals surface area contributed by atoms with Crippen LogP contribution in [0.3, 0.4) is 0 Å². The number of aryl methyl sites for hydroxylation is 2. The molecule has 0 unspecified atom stereocenters. The van der Waals surface area contributed by atoms with Crippen molar-refractivity contribution in [2.75, 3.05) is 11.1 Å². The van der Waals surface area contributed by atoms with E-state index < -0.39 is 0 Å². The highest BCUT2D eigenvalue weighted by atomic mass is 35.5. The third-order valence-corrected chi connectivity index (χ3v) is 5.33. The summed E-state index contributed by atoms with van der Waals surface area (Å²) in [7, 11) is 0. The molecule has 0 radical (unpaired) electrons. The number of benzene rings is 3. The van der Waals surface area contributed by atoms with Gasteiger partial charge in [-0.2, -0.15) is 0 Å². The molecule has 1 heterocycles. The second-order valence-corrected chi connectivity index (χ2v) is 7.63. The summed E-state index contributed by atoms with van der Waals surface area (Å²) in [5.41, 5.74) is 10.3. The van der Waals surface area contributed by atoms with E-state index >= 15 is 0 Å². The quantitative estimate of drug-likeness (QED) is 0.466. The van der Waals surface area contributed by atoms with Crippen LogP contribution in [0, 0.1) is 13.8 Å². The van der Waals surface area contributed by atoms with Gasteiger partial charge in [0, 0.05) is 21.7 Å². The summed E-state index contributed by atoms with van der Waals surface area (Å²) in [6.45, 7) is 3.88. The molecule has 4 aromatic rings. The Kier molecular flexibility index (Phi) is 5.06. The largest absolute Gasteiger partial charge is 0.384 e. The number of carbonyl (C=O) groups is 2. The van der Waals surface area contributed by atoms with E-state index in [1.165, 1.54) is 4.57 Å². The molecule has 30 heavy (non-hydrogen) atoms. The Balaban J connectivity index is 1.82. The molecule has 0 aliphatic carbocycles. The fraction of sp³-hybridized carbons (Fsp3) is 0.0833. The number of anilines is 2. The van der Waals surface area contributed by atoms with Crippen LogP contribution in [0.2, 0.25) is 5.02 Å². The highest BCUT2D eigenvalue weighted by Crippen LogP contribution is 2.30. The Bertz CT molecular complexity index is 1290. The second-order valence-electron chi connectivity index (χ2n) is 7.20. The number of para-hydroxylation sites is 1. The smallest absolute Gasteiger partial charge is 0.263 e. The van der Waals surface area contributed by atoms with E-state index in [1.807, 2.05) is 38.1 Å². The minimum atomic E-state index is -0.361. The number of fused-ring (bicyclic) bond motifs is 1. The fourth-order valence-electron chi connectivity index (χ4n) is 3.49. The SMILES string of the molecule is Cc1ccc(C)c(NC(=O)c2c(N)n(C(=O)c3ccc(Cl)cc3)c3ccccc23)c1. The van der Waals surface area contributed by atoms with Gasteiger partial charge in [-0.05, 0) is 61.4 Å². The lowest BCUT2D eigenvalue weighted by atomic mass is 10.1. The first-order chi connectivity index (χ1) is 14.4. The van der Waals surface area contributed by atoms with E-state index in [4.69, 9.17) is 17.3 Å². The lowest BCUT2D eigenvalue weighted by molar-refractivity contribution is 0.0967. The normalized spacial score (nSPS) is 10.9. The molecule has 4 rings (SSSR count). The van der Waals surface area contributed by atoms with Crippen molar-refractivity contribution in [2.24, 2.45) is 0 Å². The van der Waals surface area contributed by atoms with Gasteiger partial charge in [-0.25, -0.2) is 0 Å². The average Bonchev–Trinajstić information content (AvgIpc) is 3.02. The zero-order valence-corrected chi connectivity index (χ0v) is 17.3. The fourth-order valence-corrected chi connectivity index (χ4v) is 3.62. The molecule has 0 atom stereocenters. The van der Waals surface area contributed by atoms with Crippen LogP contribution >= 0.6 is 11.6 Å². The number of amides is 1. The van der Waals surface area contributed by atoms with Gasteiger partial charge in [0.2, 0.25) is 0 Å². The highest BCUT2D eigenvalue weighted by molar-refractivity contribution is 6.30. The number of carbonyl (C=O) groups excluding carboxylic acids is 2. The van der Waals surface area contributed by atoms with E-state index in [-0.39, 0.29) is 23.2 Å². The molecule has 1 amide bonds. The summed E-state index contributed by atoms with van der Waals surface area (Å²) in [5, 5.41) is 4.08. The van der Waals surface area contributed by atoms with E-state index in [9.17, 15) is 9.59 Å². The number of halogens is 1. The molecule has 3 aromatic carbocycles. The van der Waals surface area contributed by atoms with Crippen LogP contribution in [-0.4, -0.2) is 16.4 Å². The predicted molar refractivity (Wildman–Crippen MR) is 121 cm³/mol. The van der Waals surface area contributed by atoms with E-state index in [0.29, 0.717) is 27.2 Å². The van der Waals surface area contributed by atoms with Crippen molar-refractivity contribution in [3.8, 4) is 0 Å². The van der Waals surface area contributed by atoms with Gasteiger partial charge in [-0.15, -0.1) is 0 Å². The Morgan fingerprint density at radius 2 is 1.67 bits per heavy atom. The molecule has 0 saturated carbocycles. The van der Waals surface area contributed by atoms with Gasteiger partial charge in [0.05, 0.1) is 11.1 Å². The number of aromatic nitrogens is 1. The van der Waals surface area contributed by atoms with E-state index in [0.717, 1.165) is 11.1 Å².